The normalized spacial score (nSPS) is 10.7. The minimum atomic E-state index is -0.234. The summed E-state index contributed by atoms with van der Waals surface area (Å²) in [6.07, 6.45) is 0. The standard InChI is InChI=1S/C23H19N3OS2/c1-14-10-12-16(13-11-14)21(27)26-23(28)25-18-8-5-6-17(15(18)2)22-24-19-7-3-4-9-20(19)29-22/h3-13H,1-2H3,(H2,25,26,27,28). The Balaban J connectivity index is 1.53. The molecule has 3 aromatic carbocycles. The Hall–Kier alpha value is -3.09. The van der Waals surface area contributed by atoms with Crippen molar-refractivity contribution >= 4 is 50.5 Å². The molecule has 0 atom stereocenters. The molecule has 0 saturated carbocycles. The molecular weight excluding hydrogens is 398 g/mol. The molecule has 29 heavy (non-hydrogen) atoms. The van der Waals surface area contributed by atoms with E-state index in [1.54, 1.807) is 23.5 Å². The number of aromatic nitrogens is 1. The lowest BCUT2D eigenvalue weighted by molar-refractivity contribution is 0.0977. The lowest BCUT2D eigenvalue weighted by Gasteiger charge is -2.14. The Morgan fingerprint density at radius 2 is 1.72 bits per heavy atom. The second kappa shape index (κ2) is 8.11. The number of fused-ring (bicyclic) bond motifs is 1. The first-order chi connectivity index (χ1) is 14.0. The maximum absolute atomic E-state index is 12.4. The number of nitrogens with one attached hydrogen (secondary N) is 2. The Labute approximate surface area is 178 Å². The van der Waals surface area contributed by atoms with Crippen molar-refractivity contribution in [2.24, 2.45) is 0 Å². The van der Waals surface area contributed by atoms with E-state index < -0.39 is 0 Å². The van der Waals surface area contributed by atoms with Crippen molar-refractivity contribution in [2.75, 3.05) is 5.32 Å². The molecule has 1 amide bonds. The van der Waals surface area contributed by atoms with Crippen molar-refractivity contribution < 1.29 is 4.79 Å². The number of rotatable bonds is 3. The molecule has 0 saturated heterocycles. The molecule has 1 heterocycles. The molecule has 4 aromatic rings. The molecule has 0 aliphatic carbocycles. The lowest BCUT2D eigenvalue weighted by Crippen LogP contribution is -2.34. The smallest absolute Gasteiger partial charge is 0.257 e. The Bertz CT molecular complexity index is 1180. The van der Waals surface area contributed by atoms with Gasteiger partial charge in [0, 0.05) is 16.8 Å². The number of anilines is 1. The van der Waals surface area contributed by atoms with E-state index in [1.165, 1.54) is 0 Å². The second-order valence-electron chi connectivity index (χ2n) is 6.74. The Morgan fingerprint density at radius 3 is 2.48 bits per heavy atom. The number of amides is 1. The third-order valence-electron chi connectivity index (χ3n) is 4.65. The number of hydrogen-bond donors (Lipinski definition) is 2. The topological polar surface area (TPSA) is 54.0 Å². The Kier molecular flexibility index (Phi) is 5.38. The number of carbonyl (C=O) groups is 1. The highest BCUT2D eigenvalue weighted by molar-refractivity contribution is 7.80. The van der Waals surface area contributed by atoms with Gasteiger partial charge in [-0.3, -0.25) is 10.1 Å². The number of benzene rings is 3. The number of nitrogens with zero attached hydrogens (tertiary/aromatic N) is 1. The number of carbonyl (C=O) groups excluding carboxylic acids is 1. The summed E-state index contributed by atoms with van der Waals surface area (Å²) >= 11 is 7.01. The first-order valence-corrected chi connectivity index (χ1v) is 10.4. The number of thiocarbonyl (C=S) groups is 1. The zero-order valence-corrected chi connectivity index (χ0v) is 17.7. The van der Waals surface area contributed by atoms with Gasteiger partial charge in [-0.2, -0.15) is 0 Å². The molecule has 4 rings (SSSR count). The molecule has 0 spiro atoms. The van der Waals surface area contributed by atoms with E-state index in [9.17, 15) is 4.79 Å². The predicted molar refractivity (Wildman–Crippen MR) is 125 cm³/mol. The van der Waals surface area contributed by atoms with Crippen molar-refractivity contribution in [1.29, 1.82) is 0 Å². The molecular formula is C23H19N3OS2. The zero-order chi connectivity index (χ0) is 20.4. The highest BCUT2D eigenvalue weighted by Crippen LogP contribution is 2.34. The van der Waals surface area contributed by atoms with E-state index in [0.29, 0.717) is 5.56 Å². The van der Waals surface area contributed by atoms with Crippen LogP contribution in [0.1, 0.15) is 21.5 Å². The van der Waals surface area contributed by atoms with Crippen LogP contribution in [0.15, 0.2) is 66.7 Å². The minimum Gasteiger partial charge on any atom is -0.332 e. The average molecular weight is 418 g/mol. The molecule has 2 N–H and O–H groups in total. The van der Waals surface area contributed by atoms with Crippen molar-refractivity contribution in [3.8, 4) is 10.6 Å². The quantitative estimate of drug-likeness (QED) is 0.420. The van der Waals surface area contributed by atoms with Crippen molar-refractivity contribution in [3.63, 3.8) is 0 Å². The summed E-state index contributed by atoms with van der Waals surface area (Å²) in [4.78, 5) is 17.1. The van der Waals surface area contributed by atoms with Crippen LogP contribution in [0.5, 0.6) is 0 Å². The molecule has 0 unspecified atom stereocenters. The highest BCUT2D eigenvalue weighted by Gasteiger charge is 2.13. The highest BCUT2D eigenvalue weighted by atomic mass is 32.1. The number of thiazole rings is 1. The first-order valence-electron chi connectivity index (χ1n) is 9.16. The first kappa shape index (κ1) is 19.2. The molecule has 0 radical (unpaired) electrons. The van der Waals surface area contributed by atoms with Gasteiger partial charge < -0.3 is 5.32 Å². The maximum atomic E-state index is 12.4. The summed E-state index contributed by atoms with van der Waals surface area (Å²) in [5.74, 6) is -0.234. The molecule has 0 bridgehead atoms. The van der Waals surface area contributed by atoms with Gasteiger partial charge in [-0.1, -0.05) is 42.0 Å². The average Bonchev–Trinajstić information content (AvgIpc) is 3.14. The van der Waals surface area contributed by atoms with Gasteiger partial charge in [0.1, 0.15) is 5.01 Å². The summed E-state index contributed by atoms with van der Waals surface area (Å²) < 4.78 is 1.15. The Morgan fingerprint density at radius 1 is 0.966 bits per heavy atom. The fraction of sp³-hybridized carbons (Fsp3) is 0.0870. The van der Waals surface area contributed by atoms with Gasteiger partial charge >= 0.3 is 0 Å². The van der Waals surface area contributed by atoms with E-state index in [0.717, 1.165) is 37.6 Å². The van der Waals surface area contributed by atoms with Crippen LogP contribution in [-0.2, 0) is 0 Å². The SMILES string of the molecule is Cc1ccc(C(=O)NC(=S)Nc2cccc(-c3nc4ccccc4s3)c2C)cc1. The van der Waals surface area contributed by atoms with Crippen molar-refractivity contribution in [3.05, 3.63) is 83.4 Å². The van der Waals surface area contributed by atoms with Crippen LogP contribution in [-0.4, -0.2) is 16.0 Å². The van der Waals surface area contributed by atoms with Crippen LogP contribution in [0.4, 0.5) is 5.69 Å². The third kappa shape index (κ3) is 4.18. The van der Waals surface area contributed by atoms with Gasteiger partial charge in [0.2, 0.25) is 0 Å². The van der Waals surface area contributed by atoms with Crippen molar-refractivity contribution in [2.45, 2.75) is 13.8 Å². The summed E-state index contributed by atoms with van der Waals surface area (Å²) in [5, 5.41) is 7.11. The van der Waals surface area contributed by atoms with E-state index in [2.05, 4.69) is 16.7 Å². The van der Waals surface area contributed by atoms with E-state index in [1.807, 2.05) is 62.4 Å². The summed E-state index contributed by atoms with van der Waals surface area (Å²) in [5.41, 5.74) is 5.58. The molecule has 4 nitrogen and oxygen atoms in total. The van der Waals surface area contributed by atoms with Crippen LogP contribution in [0.3, 0.4) is 0 Å². The van der Waals surface area contributed by atoms with Gasteiger partial charge in [0.25, 0.3) is 5.91 Å². The minimum absolute atomic E-state index is 0.234. The predicted octanol–water partition coefficient (Wildman–Crippen LogP) is 5.71. The monoisotopic (exact) mass is 417 g/mol. The third-order valence-corrected chi connectivity index (χ3v) is 5.92. The summed E-state index contributed by atoms with van der Waals surface area (Å²) in [6, 6.07) is 21.4. The van der Waals surface area contributed by atoms with Crippen LogP contribution >= 0.6 is 23.6 Å². The van der Waals surface area contributed by atoms with Gasteiger partial charge in [-0.25, -0.2) is 4.98 Å². The molecule has 0 aliphatic heterocycles. The van der Waals surface area contributed by atoms with E-state index >= 15 is 0 Å². The zero-order valence-electron chi connectivity index (χ0n) is 16.0. The molecule has 144 valence electrons. The lowest BCUT2D eigenvalue weighted by atomic mass is 10.1. The van der Waals surface area contributed by atoms with E-state index in [4.69, 9.17) is 17.2 Å². The van der Waals surface area contributed by atoms with Crippen LogP contribution in [0, 0.1) is 13.8 Å². The maximum Gasteiger partial charge on any atom is 0.257 e. The van der Waals surface area contributed by atoms with Gasteiger partial charge in [0.05, 0.1) is 10.2 Å². The van der Waals surface area contributed by atoms with Crippen LogP contribution < -0.4 is 10.6 Å². The fourth-order valence-corrected chi connectivity index (χ4v) is 4.27. The van der Waals surface area contributed by atoms with Gasteiger partial charge in [0.15, 0.2) is 5.11 Å². The van der Waals surface area contributed by atoms with Crippen LogP contribution in [0.25, 0.3) is 20.8 Å². The number of hydrogen-bond acceptors (Lipinski definition) is 4. The molecule has 0 fully saturated rings. The largest absolute Gasteiger partial charge is 0.332 e. The second-order valence-corrected chi connectivity index (χ2v) is 8.18. The summed E-state index contributed by atoms with van der Waals surface area (Å²) in [6.45, 7) is 4.00. The number of aryl methyl sites for hydroxylation is 1. The van der Waals surface area contributed by atoms with Crippen LogP contribution in [0.2, 0.25) is 0 Å². The van der Waals surface area contributed by atoms with E-state index in [-0.39, 0.29) is 11.0 Å². The molecule has 1 aromatic heterocycles. The molecule has 6 heteroatoms. The van der Waals surface area contributed by atoms with Crippen molar-refractivity contribution in [1.82, 2.24) is 10.3 Å². The fourth-order valence-electron chi connectivity index (χ4n) is 3.02. The van der Waals surface area contributed by atoms with Gasteiger partial charge in [-0.15, -0.1) is 11.3 Å². The van der Waals surface area contributed by atoms with Gasteiger partial charge in [-0.05, 0) is 62.0 Å². The number of para-hydroxylation sites is 1. The summed E-state index contributed by atoms with van der Waals surface area (Å²) in [7, 11) is 0. The molecule has 0 aliphatic rings.